The molecule has 0 heterocycles. The molecular formula is C14H19NO5S. The molecule has 1 aromatic carbocycles. The number of carboxylic acid groups (broad SMARTS) is 1. The highest BCUT2D eigenvalue weighted by atomic mass is 32.2. The van der Waals surface area contributed by atoms with Crippen molar-refractivity contribution in [3.8, 4) is 0 Å². The number of sulfonamides is 1. The van der Waals surface area contributed by atoms with Crippen LogP contribution in [0.3, 0.4) is 0 Å². The molecule has 6 nitrogen and oxygen atoms in total. The predicted molar refractivity (Wildman–Crippen MR) is 76.4 cm³/mol. The maximum Gasteiger partial charge on any atom is 0.335 e. The third-order valence-corrected chi connectivity index (χ3v) is 4.89. The number of carboxylic acids is 1. The molecule has 0 atom stereocenters. The van der Waals surface area contributed by atoms with Crippen LogP contribution < -0.4 is 4.89 Å². The van der Waals surface area contributed by atoms with Gasteiger partial charge in [0.25, 0.3) is 10.0 Å². The number of hydrogen-bond donors (Lipinski definition) is 2. The van der Waals surface area contributed by atoms with Gasteiger partial charge in [-0.15, -0.1) is 0 Å². The fourth-order valence-corrected chi connectivity index (χ4v) is 3.60. The molecule has 21 heavy (non-hydrogen) atoms. The summed E-state index contributed by atoms with van der Waals surface area (Å²) in [6, 6.07) is 4.09. The minimum absolute atomic E-state index is 0.0390. The molecule has 0 aromatic heterocycles. The van der Waals surface area contributed by atoms with Gasteiger partial charge < -0.3 is 5.11 Å². The Bertz CT molecular complexity index is 620. The van der Waals surface area contributed by atoms with Gasteiger partial charge in [-0.25, -0.2) is 13.2 Å². The van der Waals surface area contributed by atoms with E-state index in [9.17, 15) is 13.2 Å². The van der Waals surface area contributed by atoms with E-state index in [0.717, 1.165) is 25.7 Å². The summed E-state index contributed by atoms with van der Waals surface area (Å²) in [6.07, 6.45) is 4.10. The zero-order valence-corrected chi connectivity index (χ0v) is 12.6. The number of benzene rings is 1. The molecule has 0 bridgehead atoms. The second kappa shape index (κ2) is 6.55. The highest BCUT2D eigenvalue weighted by Gasteiger charge is 2.23. The molecule has 2 rings (SSSR count). The van der Waals surface area contributed by atoms with E-state index >= 15 is 0 Å². The van der Waals surface area contributed by atoms with Crippen molar-refractivity contribution < 1.29 is 23.2 Å². The standard InChI is InChI=1S/C14H19NO5S/c1-2-10-7-8-11(14(16)17)9-13(10)21(18,19)15-20-12-5-3-4-6-12/h7-9,12,15H,2-6H2,1H3,(H,16,17). The summed E-state index contributed by atoms with van der Waals surface area (Å²) in [5, 5.41) is 8.99. The van der Waals surface area contributed by atoms with Crippen molar-refractivity contribution in [3.63, 3.8) is 0 Å². The third kappa shape index (κ3) is 3.81. The Hall–Kier alpha value is -1.44. The Morgan fingerprint density at radius 3 is 2.62 bits per heavy atom. The number of aryl methyl sites for hydroxylation is 1. The summed E-state index contributed by atoms with van der Waals surface area (Å²) < 4.78 is 24.6. The van der Waals surface area contributed by atoms with Gasteiger partial charge in [-0.1, -0.05) is 30.7 Å². The van der Waals surface area contributed by atoms with Crippen LogP contribution in [0.4, 0.5) is 0 Å². The van der Waals surface area contributed by atoms with E-state index in [1.54, 1.807) is 0 Å². The molecule has 0 unspecified atom stereocenters. The zero-order valence-electron chi connectivity index (χ0n) is 11.8. The smallest absolute Gasteiger partial charge is 0.335 e. The maximum absolute atomic E-state index is 12.3. The normalized spacial score (nSPS) is 16.2. The summed E-state index contributed by atoms with van der Waals surface area (Å²) >= 11 is 0. The molecule has 1 fully saturated rings. The van der Waals surface area contributed by atoms with Gasteiger partial charge in [-0.2, -0.15) is 0 Å². The van der Waals surface area contributed by atoms with Crippen molar-refractivity contribution >= 4 is 16.0 Å². The van der Waals surface area contributed by atoms with Crippen LogP contribution in [0.15, 0.2) is 23.1 Å². The number of hydrogen-bond acceptors (Lipinski definition) is 4. The molecule has 1 aromatic rings. The van der Waals surface area contributed by atoms with E-state index in [4.69, 9.17) is 9.94 Å². The lowest BCUT2D eigenvalue weighted by Gasteiger charge is -2.14. The number of nitrogens with one attached hydrogen (secondary N) is 1. The minimum Gasteiger partial charge on any atom is -0.478 e. The monoisotopic (exact) mass is 313 g/mol. The van der Waals surface area contributed by atoms with Crippen LogP contribution in [-0.4, -0.2) is 25.6 Å². The summed E-state index contributed by atoms with van der Waals surface area (Å²) in [5.41, 5.74) is 0.496. The van der Waals surface area contributed by atoms with Crippen molar-refractivity contribution in [3.05, 3.63) is 29.3 Å². The number of carbonyl (C=O) groups is 1. The second-order valence-corrected chi connectivity index (χ2v) is 6.71. The number of rotatable bonds is 6. The fourth-order valence-electron chi connectivity index (χ4n) is 2.41. The SMILES string of the molecule is CCc1ccc(C(=O)O)cc1S(=O)(=O)NOC1CCCC1. The van der Waals surface area contributed by atoms with Crippen molar-refractivity contribution in [2.24, 2.45) is 0 Å². The average molecular weight is 313 g/mol. The van der Waals surface area contributed by atoms with Crippen LogP contribution in [0.25, 0.3) is 0 Å². The van der Waals surface area contributed by atoms with E-state index in [-0.39, 0.29) is 16.6 Å². The Balaban J connectivity index is 2.24. The van der Waals surface area contributed by atoms with Gasteiger partial charge in [0, 0.05) is 0 Å². The molecule has 0 spiro atoms. The van der Waals surface area contributed by atoms with Crippen molar-refractivity contribution in [1.29, 1.82) is 0 Å². The summed E-state index contributed by atoms with van der Waals surface area (Å²) in [5.74, 6) is -1.16. The molecule has 0 radical (unpaired) electrons. The summed E-state index contributed by atoms with van der Waals surface area (Å²) in [6.45, 7) is 1.81. The largest absolute Gasteiger partial charge is 0.478 e. The maximum atomic E-state index is 12.3. The molecule has 1 aliphatic rings. The molecule has 2 N–H and O–H groups in total. The van der Waals surface area contributed by atoms with E-state index in [2.05, 4.69) is 4.89 Å². The first-order valence-electron chi connectivity index (χ1n) is 6.97. The summed E-state index contributed by atoms with van der Waals surface area (Å²) in [4.78, 5) is 18.3. The average Bonchev–Trinajstić information content (AvgIpc) is 2.98. The lowest BCUT2D eigenvalue weighted by Crippen LogP contribution is -2.29. The second-order valence-electron chi connectivity index (χ2n) is 5.09. The van der Waals surface area contributed by atoms with Gasteiger partial charge in [-0.3, -0.25) is 4.84 Å². The van der Waals surface area contributed by atoms with E-state index < -0.39 is 16.0 Å². The topological polar surface area (TPSA) is 92.7 Å². The van der Waals surface area contributed by atoms with E-state index in [0.29, 0.717) is 12.0 Å². The molecule has 0 aliphatic heterocycles. The first-order chi connectivity index (χ1) is 9.94. The number of aromatic carboxylic acids is 1. The van der Waals surface area contributed by atoms with Gasteiger partial charge in [0.2, 0.25) is 0 Å². The molecule has 1 saturated carbocycles. The van der Waals surface area contributed by atoms with Gasteiger partial charge in [0.15, 0.2) is 0 Å². The molecule has 0 saturated heterocycles. The van der Waals surface area contributed by atoms with Crippen LogP contribution in [-0.2, 0) is 21.3 Å². The Morgan fingerprint density at radius 1 is 1.38 bits per heavy atom. The van der Waals surface area contributed by atoms with Crippen molar-refractivity contribution in [2.75, 3.05) is 0 Å². The van der Waals surface area contributed by atoms with Gasteiger partial charge >= 0.3 is 5.97 Å². The lowest BCUT2D eigenvalue weighted by atomic mass is 10.1. The van der Waals surface area contributed by atoms with E-state index in [1.165, 1.54) is 18.2 Å². The highest BCUT2D eigenvalue weighted by Crippen LogP contribution is 2.22. The molecule has 116 valence electrons. The van der Waals surface area contributed by atoms with Crippen molar-refractivity contribution in [2.45, 2.75) is 50.0 Å². The van der Waals surface area contributed by atoms with Crippen LogP contribution in [0, 0.1) is 0 Å². The van der Waals surface area contributed by atoms with Crippen LogP contribution >= 0.6 is 0 Å². The fraction of sp³-hybridized carbons (Fsp3) is 0.500. The van der Waals surface area contributed by atoms with E-state index in [1.807, 2.05) is 6.92 Å². The third-order valence-electron chi connectivity index (χ3n) is 3.61. The van der Waals surface area contributed by atoms with Crippen molar-refractivity contribution in [1.82, 2.24) is 4.89 Å². The Labute approximate surface area is 124 Å². The zero-order chi connectivity index (χ0) is 15.5. The summed E-state index contributed by atoms with van der Waals surface area (Å²) in [7, 11) is -3.88. The first-order valence-corrected chi connectivity index (χ1v) is 8.46. The van der Waals surface area contributed by atoms with Crippen LogP contribution in [0.2, 0.25) is 0 Å². The predicted octanol–water partition coefficient (Wildman–Crippen LogP) is 2.10. The highest BCUT2D eigenvalue weighted by molar-refractivity contribution is 7.89. The van der Waals surface area contributed by atoms with Gasteiger partial charge in [-0.05, 0) is 37.0 Å². The molecular weight excluding hydrogens is 294 g/mol. The minimum atomic E-state index is -3.88. The molecule has 1 aliphatic carbocycles. The van der Waals surface area contributed by atoms with Gasteiger partial charge in [0.05, 0.1) is 16.6 Å². The molecule has 0 amide bonds. The van der Waals surface area contributed by atoms with Gasteiger partial charge in [0.1, 0.15) is 0 Å². The molecule has 7 heteroatoms. The Kier molecular flexibility index (Phi) is 4.97. The Morgan fingerprint density at radius 2 is 2.05 bits per heavy atom. The quantitative estimate of drug-likeness (QED) is 0.785. The van der Waals surface area contributed by atoms with Crippen LogP contribution in [0.5, 0.6) is 0 Å². The van der Waals surface area contributed by atoms with Crippen LogP contribution in [0.1, 0.15) is 48.5 Å². The lowest BCUT2D eigenvalue weighted by molar-refractivity contribution is 0.0223. The first kappa shape index (κ1) is 15.9.